The molecule has 0 atom stereocenters. The first-order valence-electron chi connectivity index (χ1n) is 7.90. The van der Waals surface area contributed by atoms with Gasteiger partial charge in [-0.2, -0.15) is 0 Å². The van der Waals surface area contributed by atoms with Crippen molar-refractivity contribution in [2.45, 2.75) is 25.8 Å². The van der Waals surface area contributed by atoms with E-state index >= 15 is 0 Å². The van der Waals surface area contributed by atoms with Gasteiger partial charge in [0.1, 0.15) is 5.75 Å². The van der Waals surface area contributed by atoms with Gasteiger partial charge in [-0.3, -0.25) is 0 Å². The molecule has 0 bridgehead atoms. The zero-order valence-corrected chi connectivity index (χ0v) is 13.1. The first kappa shape index (κ1) is 15.2. The highest BCUT2D eigenvalue weighted by molar-refractivity contribution is 5.89. The summed E-state index contributed by atoms with van der Waals surface area (Å²) in [5.74, 6) is 0.860. The molecule has 3 rings (SSSR count). The number of hydrogen-bond donors (Lipinski definition) is 3. The fourth-order valence-corrected chi connectivity index (χ4v) is 2.18. The average molecular weight is 311 g/mol. The van der Waals surface area contributed by atoms with Crippen molar-refractivity contribution in [1.29, 1.82) is 0 Å². The summed E-state index contributed by atoms with van der Waals surface area (Å²) >= 11 is 0. The Bertz CT molecular complexity index is 649. The van der Waals surface area contributed by atoms with Crippen molar-refractivity contribution in [3.63, 3.8) is 0 Å². The predicted octanol–water partition coefficient (Wildman–Crippen LogP) is 4.11. The molecule has 3 N–H and O–H groups in total. The van der Waals surface area contributed by atoms with Crippen LogP contribution in [0.1, 0.15) is 19.8 Å². The molecule has 0 saturated heterocycles. The van der Waals surface area contributed by atoms with Crippen LogP contribution in [0.25, 0.3) is 0 Å². The van der Waals surface area contributed by atoms with Gasteiger partial charge in [0.25, 0.3) is 0 Å². The highest BCUT2D eigenvalue weighted by atomic mass is 16.5. The number of nitrogens with one attached hydrogen (secondary N) is 3. The summed E-state index contributed by atoms with van der Waals surface area (Å²) in [5, 5.41) is 9.04. The van der Waals surface area contributed by atoms with E-state index in [4.69, 9.17) is 4.74 Å². The number of carbonyl (C=O) groups excluding carboxylic acids is 1. The molecule has 23 heavy (non-hydrogen) atoms. The third-order valence-electron chi connectivity index (χ3n) is 3.51. The molecule has 0 spiro atoms. The van der Waals surface area contributed by atoms with Crippen molar-refractivity contribution in [2.24, 2.45) is 0 Å². The first-order valence-corrected chi connectivity index (χ1v) is 7.90. The van der Waals surface area contributed by atoms with E-state index in [0.29, 0.717) is 12.6 Å². The standard InChI is InChI=1S/C18H21N3O2/c1-2-23-17-11-9-14(10-12-17)19-13-3-5-15(6-4-13)20-18(22)21-16-7-8-16/h3-6,9-12,16,19H,2,7-8H2,1H3,(H2,20,21,22). The fraction of sp³-hybridized carbons (Fsp3) is 0.278. The minimum atomic E-state index is -0.139. The van der Waals surface area contributed by atoms with Gasteiger partial charge in [0.05, 0.1) is 6.61 Å². The molecule has 5 nitrogen and oxygen atoms in total. The molecule has 1 aliphatic carbocycles. The monoisotopic (exact) mass is 311 g/mol. The number of ether oxygens (including phenoxy) is 1. The van der Waals surface area contributed by atoms with Gasteiger partial charge in [-0.1, -0.05) is 0 Å². The minimum Gasteiger partial charge on any atom is -0.494 e. The lowest BCUT2D eigenvalue weighted by Gasteiger charge is -2.10. The molecule has 0 radical (unpaired) electrons. The van der Waals surface area contributed by atoms with Crippen molar-refractivity contribution in [3.05, 3.63) is 48.5 Å². The predicted molar refractivity (Wildman–Crippen MR) is 92.5 cm³/mol. The van der Waals surface area contributed by atoms with Gasteiger partial charge < -0.3 is 20.7 Å². The first-order chi connectivity index (χ1) is 11.2. The zero-order chi connectivity index (χ0) is 16.1. The second kappa shape index (κ2) is 7.05. The number of hydrogen-bond acceptors (Lipinski definition) is 3. The Kier molecular flexibility index (Phi) is 4.66. The largest absolute Gasteiger partial charge is 0.494 e. The highest BCUT2D eigenvalue weighted by Crippen LogP contribution is 2.22. The third kappa shape index (κ3) is 4.64. The normalized spacial score (nSPS) is 13.3. The lowest BCUT2D eigenvalue weighted by Crippen LogP contribution is -2.30. The summed E-state index contributed by atoms with van der Waals surface area (Å²) in [6.07, 6.45) is 2.16. The number of amides is 2. The molecule has 0 aliphatic heterocycles. The van der Waals surface area contributed by atoms with Gasteiger partial charge in [0, 0.05) is 23.1 Å². The van der Waals surface area contributed by atoms with Gasteiger partial charge in [0.2, 0.25) is 0 Å². The van der Waals surface area contributed by atoms with Crippen LogP contribution in [0.5, 0.6) is 5.75 Å². The van der Waals surface area contributed by atoms with Crippen LogP contribution in [0.3, 0.4) is 0 Å². The van der Waals surface area contributed by atoms with E-state index in [2.05, 4.69) is 16.0 Å². The Morgan fingerprint density at radius 2 is 1.57 bits per heavy atom. The molecule has 0 heterocycles. The lowest BCUT2D eigenvalue weighted by molar-refractivity contribution is 0.251. The van der Waals surface area contributed by atoms with Gasteiger partial charge in [-0.05, 0) is 68.3 Å². The second-order valence-electron chi connectivity index (χ2n) is 5.53. The number of rotatable bonds is 6. The van der Waals surface area contributed by atoms with Crippen LogP contribution in [-0.4, -0.2) is 18.7 Å². The molecule has 1 fully saturated rings. The topological polar surface area (TPSA) is 62.4 Å². The molecule has 1 saturated carbocycles. The second-order valence-corrected chi connectivity index (χ2v) is 5.53. The van der Waals surface area contributed by atoms with E-state index in [1.54, 1.807) is 0 Å². The molecule has 0 unspecified atom stereocenters. The summed E-state index contributed by atoms with van der Waals surface area (Å²) < 4.78 is 5.42. The van der Waals surface area contributed by atoms with Crippen LogP contribution in [0.2, 0.25) is 0 Å². The molecule has 2 amide bonds. The maximum Gasteiger partial charge on any atom is 0.319 e. The van der Waals surface area contributed by atoms with Gasteiger partial charge in [-0.15, -0.1) is 0 Å². The maximum absolute atomic E-state index is 11.7. The number of carbonyl (C=O) groups is 1. The molecule has 120 valence electrons. The van der Waals surface area contributed by atoms with Crippen LogP contribution >= 0.6 is 0 Å². The highest BCUT2D eigenvalue weighted by Gasteiger charge is 2.23. The molecule has 2 aromatic rings. The van der Waals surface area contributed by atoms with Crippen LogP contribution in [0, 0.1) is 0 Å². The van der Waals surface area contributed by atoms with Crippen LogP contribution in [-0.2, 0) is 0 Å². The number of benzene rings is 2. The van der Waals surface area contributed by atoms with E-state index in [-0.39, 0.29) is 6.03 Å². The smallest absolute Gasteiger partial charge is 0.319 e. The Hall–Kier alpha value is -2.69. The molecular weight excluding hydrogens is 290 g/mol. The van der Waals surface area contributed by atoms with Crippen molar-refractivity contribution in [3.8, 4) is 5.75 Å². The summed E-state index contributed by atoms with van der Waals surface area (Å²) in [6, 6.07) is 15.7. The Balaban J connectivity index is 1.54. The molecule has 5 heteroatoms. The van der Waals surface area contributed by atoms with Crippen LogP contribution in [0.4, 0.5) is 21.9 Å². The summed E-state index contributed by atoms with van der Waals surface area (Å²) in [7, 11) is 0. The van der Waals surface area contributed by atoms with E-state index in [0.717, 1.165) is 35.7 Å². The van der Waals surface area contributed by atoms with E-state index in [1.165, 1.54) is 0 Å². The van der Waals surface area contributed by atoms with Gasteiger partial charge >= 0.3 is 6.03 Å². The van der Waals surface area contributed by atoms with Crippen LogP contribution < -0.4 is 20.7 Å². The Morgan fingerprint density at radius 1 is 1.00 bits per heavy atom. The Labute approximate surface area is 136 Å². The average Bonchev–Trinajstić information content (AvgIpc) is 3.35. The van der Waals surface area contributed by atoms with Gasteiger partial charge in [-0.25, -0.2) is 4.79 Å². The maximum atomic E-state index is 11.7. The number of urea groups is 1. The third-order valence-corrected chi connectivity index (χ3v) is 3.51. The lowest BCUT2D eigenvalue weighted by atomic mass is 10.2. The van der Waals surface area contributed by atoms with Crippen molar-refractivity contribution < 1.29 is 9.53 Å². The van der Waals surface area contributed by atoms with Crippen molar-refractivity contribution in [2.75, 3.05) is 17.2 Å². The number of anilines is 3. The molecule has 0 aromatic heterocycles. The fourth-order valence-electron chi connectivity index (χ4n) is 2.18. The molecular formula is C18H21N3O2. The summed E-state index contributed by atoms with van der Waals surface area (Å²) in [5.41, 5.74) is 2.73. The van der Waals surface area contributed by atoms with Crippen molar-refractivity contribution in [1.82, 2.24) is 5.32 Å². The SMILES string of the molecule is CCOc1ccc(Nc2ccc(NC(=O)NC3CC3)cc2)cc1. The quantitative estimate of drug-likeness (QED) is 0.752. The van der Waals surface area contributed by atoms with Crippen LogP contribution in [0.15, 0.2) is 48.5 Å². The summed E-state index contributed by atoms with van der Waals surface area (Å²) in [4.78, 5) is 11.7. The summed E-state index contributed by atoms with van der Waals surface area (Å²) in [6.45, 7) is 2.63. The van der Waals surface area contributed by atoms with Crippen molar-refractivity contribution >= 4 is 23.1 Å². The Morgan fingerprint density at radius 3 is 2.13 bits per heavy atom. The van der Waals surface area contributed by atoms with E-state index < -0.39 is 0 Å². The van der Waals surface area contributed by atoms with E-state index in [1.807, 2.05) is 55.5 Å². The zero-order valence-electron chi connectivity index (χ0n) is 13.1. The molecule has 1 aliphatic rings. The molecule has 2 aromatic carbocycles. The minimum absolute atomic E-state index is 0.139. The van der Waals surface area contributed by atoms with Gasteiger partial charge in [0.15, 0.2) is 0 Å². The van der Waals surface area contributed by atoms with E-state index in [9.17, 15) is 4.79 Å².